The van der Waals surface area contributed by atoms with Crippen molar-refractivity contribution >= 4 is 15.9 Å². The first-order valence-electron chi connectivity index (χ1n) is 7.56. The zero-order valence-electron chi connectivity index (χ0n) is 13.2. The monoisotopic (exact) mass is 333 g/mol. The van der Waals surface area contributed by atoms with Gasteiger partial charge in [-0.1, -0.05) is 6.07 Å². The van der Waals surface area contributed by atoms with Gasteiger partial charge >= 0.3 is 0 Å². The van der Waals surface area contributed by atoms with E-state index in [1.54, 1.807) is 26.1 Å². The number of rotatable bonds is 3. The van der Waals surface area contributed by atoms with Gasteiger partial charge in [0.15, 0.2) is 0 Å². The molecule has 2 aromatic rings. The van der Waals surface area contributed by atoms with E-state index in [1.807, 2.05) is 6.07 Å². The second kappa shape index (κ2) is 5.81. The molecule has 23 heavy (non-hydrogen) atoms. The Bertz CT molecular complexity index is 869. The van der Waals surface area contributed by atoms with Crippen LogP contribution in [0.25, 0.3) is 0 Å². The Kier molecular flexibility index (Phi) is 3.97. The lowest BCUT2D eigenvalue weighted by Gasteiger charge is -2.16. The minimum Gasteiger partial charge on any atom is -0.275 e. The molecule has 0 atom stereocenters. The Labute approximate surface area is 135 Å². The van der Waals surface area contributed by atoms with Gasteiger partial charge in [0.1, 0.15) is 0 Å². The molecule has 122 valence electrons. The van der Waals surface area contributed by atoms with Crippen LogP contribution in [0.3, 0.4) is 0 Å². The summed E-state index contributed by atoms with van der Waals surface area (Å²) in [6, 6.07) is 5.10. The minimum absolute atomic E-state index is 0.132. The van der Waals surface area contributed by atoms with E-state index in [4.69, 9.17) is 0 Å². The van der Waals surface area contributed by atoms with Crippen LogP contribution in [0.4, 0.5) is 0 Å². The Morgan fingerprint density at radius 3 is 2.57 bits per heavy atom. The summed E-state index contributed by atoms with van der Waals surface area (Å²) in [5, 5.41) is 4.05. The van der Waals surface area contributed by atoms with Crippen molar-refractivity contribution in [1.29, 1.82) is 0 Å². The highest BCUT2D eigenvalue weighted by Gasteiger charge is 2.22. The summed E-state index contributed by atoms with van der Waals surface area (Å²) in [4.78, 5) is 12.3. The molecule has 0 fully saturated rings. The van der Waals surface area contributed by atoms with Gasteiger partial charge in [-0.15, -0.1) is 0 Å². The molecule has 0 bridgehead atoms. The molecule has 1 heterocycles. The van der Waals surface area contributed by atoms with E-state index in [2.05, 4.69) is 9.82 Å². The van der Waals surface area contributed by atoms with Crippen LogP contribution < -0.4 is 4.72 Å². The van der Waals surface area contributed by atoms with E-state index in [0.717, 1.165) is 31.2 Å². The Balaban J connectivity index is 1.87. The molecule has 1 N–H and O–H groups in total. The van der Waals surface area contributed by atoms with Crippen LogP contribution in [0.5, 0.6) is 0 Å². The van der Waals surface area contributed by atoms with Crippen molar-refractivity contribution in [3.05, 3.63) is 46.8 Å². The fourth-order valence-electron chi connectivity index (χ4n) is 2.94. The molecule has 6 nitrogen and oxygen atoms in total. The summed E-state index contributed by atoms with van der Waals surface area (Å²) in [7, 11) is -2.20. The maximum atomic E-state index is 12.5. The number of hydrogen-bond acceptors (Lipinski definition) is 4. The molecule has 0 spiro atoms. The maximum Gasteiger partial charge on any atom is 0.268 e. The molecule has 0 saturated carbocycles. The van der Waals surface area contributed by atoms with Crippen LogP contribution >= 0.6 is 0 Å². The third-order valence-corrected chi connectivity index (χ3v) is 5.44. The lowest BCUT2D eigenvalue weighted by Crippen LogP contribution is -2.31. The van der Waals surface area contributed by atoms with Crippen LogP contribution in [0, 0.1) is 6.92 Å². The number of carbonyl (C=O) groups excluding carboxylic acids is 1. The van der Waals surface area contributed by atoms with Crippen molar-refractivity contribution < 1.29 is 13.2 Å². The smallest absolute Gasteiger partial charge is 0.268 e. The minimum atomic E-state index is -3.89. The zero-order chi connectivity index (χ0) is 16.6. The van der Waals surface area contributed by atoms with Crippen LogP contribution in [0.2, 0.25) is 0 Å². The van der Waals surface area contributed by atoms with Gasteiger partial charge < -0.3 is 0 Å². The standard InChI is InChI=1S/C16H19N3O3S/c1-11-15(10-19(2)17-11)16(20)18-23(21,22)14-8-7-12-5-3-4-6-13(12)9-14/h7-10H,3-6H2,1-2H3,(H,18,20). The van der Waals surface area contributed by atoms with Crippen LogP contribution in [-0.4, -0.2) is 24.1 Å². The van der Waals surface area contributed by atoms with Gasteiger partial charge in [0.25, 0.3) is 15.9 Å². The number of nitrogens with one attached hydrogen (secondary N) is 1. The number of sulfonamides is 1. The van der Waals surface area contributed by atoms with E-state index < -0.39 is 15.9 Å². The number of fused-ring (bicyclic) bond motifs is 1. The van der Waals surface area contributed by atoms with Gasteiger partial charge in [-0.25, -0.2) is 13.1 Å². The Morgan fingerprint density at radius 1 is 1.22 bits per heavy atom. The Morgan fingerprint density at radius 2 is 1.91 bits per heavy atom. The molecular formula is C16H19N3O3S. The van der Waals surface area contributed by atoms with Gasteiger partial charge in [-0.2, -0.15) is 5.10 Å². The highest BCUT2D eigenvalue weighted by molar-refractivity contribution is 7.90. The lowest BCUT2D eigenvalue weighted by atomic mass is 9.92. The van der Waals surface area contributed by atoms with Crippen molar-refractivity contribution in [3.63, 3.8) is 0 Å². The first-order chi connectivity index (χ1) is 10.9. The normalized spacial score (nSPS) is 14.3. The molecule has 7 heteroatoms. The van der Waals surface area contributed by atoms with Crippen LogP contribution in [0.15, 0.2) is 29.3 Å². The molecule has 3 rings (SSSR count). The van der Waals surface area contributed by atoms with Gasteiger partial charge in [0.05, 0.1) is 16.2 Å². The summed E-state index contributed by atoms with van der Waals surface area (Å²) in [6.07, 6.45) is 5.58. The predicted octanol–water partition coefficient (Wildman–Crippen LogP) is 1.73. The first-order valence-corrected chi connectivity index (χ1v) is 9.04. The van der Waals surface area contributed by atoms with Gasteiger partial charge in [-0.05, 0) is 55.9 Å². The fourth-order valence-corrected chi connectivity index (χ4v) is 3.95. The molecule has 0 radical (unpaired) electrons. The third-order valence-electron chi connectivity index (χ3n) is 4.12. The number of hydrogen-bond donors (Lipinski definition) is 1. The second-order valence-electron chi connectivity index (χ2n) is 5.87. The largest absolute Gasteiger partial charge is 0.275 e. The number of aromatic nitrogens is 2. The molecule has 1 aromatic carbocycles. The van der Waals surface area contributed by atoms with E-state index in [9.17, 15) is 13.2 Å². The van der Waals surface area contributed by atoms with E-state index in [0.29, 0.717) is 5.69 Å². The quantitative estimate of drug-likeness (QED) is 0.927. The average Bonchev–Trinajstić information content (AvgIpc) is 2.85. The number of nitrogens with zero attached hydrogens (tertiary/aromatic N) is 2. The molecule has 1 aromatic heterocycles. The van der Waals surface area contributed by atoms with Gasteiger partial charge in [0, 0.05) is 13.2 Å². The fraction of sp³-hybridized carbons (Fsp3) is 0.375. The Hall–Kier alpha value is -2.15. The third kappa shape index (κ3) is 3.14. The molecule has 1 aliphatic rings. The van der Waals surface area contributed by atoms with E-state index in [1.165, 1.54) is 16.4 Å². The summed E-state index contributed by atoms with van der Waals surface area (Å²) in [6.45, 7) is 1.67. The van der Waals surface area contributed by atoms with Gasteiger partial charge in [0.2, 0.25) is 0 Å². The molecule has 1 amide bonds. The van der Waals surface area contributed by atoms with Crippen molar-refractivity contribution in [3.8, 4) is 0 Å². The van der Waals surface area contributed by atoms with E-state index in [-0.39, 0.29) is 10.5 Å². The van der Waals surface area contributed by atoms with Crippen molar-refractivity contribution in [2.24, 2.45) is 7.05 Å². The first kappa shape index (κ1) is 15.7. The number of benzene rings is 1. The topological polar surface area (TPSA) is 81.1 Å². The lowest BCUT2D eigenvalue weighted by molar-refractivity contribution is 0.0980. The van der Waals surface area contributed by atoms with Crippen molar-refractivity contribution in [2.75, 3.05) is 0 Å². The highest BCUT2D eigenvalue weighted by Crippen LogP contribution is 2.24. The summed E-state index contributed by atoms with van der Waals surface area (Å²) in [5.41, 5.74) is 3.01. The molecule has 0 unspecified atom stereocenters. The van der Waals surface area contributed by atoms with Gasteiger partial charge in [-0.3, -0.25) is 9.48 Å². The number of aryl methyl sites for hydroxylation is 4. The molecule has 0 aliphatic heterocycles. The molecular weight excluding hydrogens is 314 g/mol. The van der Waals surface area contributed by atoms with Crippen molar-refractivity contribution in [2.45, 2.75) is 37.5 Å². The number of carbonyl (C=O) groups is 1. The zero-order valence-corrected chi connectivity index (χ0v) is 14.0. The SMILES string of the molecule is Cc1nn(C)cc1C(=O)NS(=O)(=O)c1ccc2c(c1)CCCC2. The van der Waals surface area contributed by atoms with Crippen molar-refractivity contribution in [1.82, 2.24) is 14.5 Å². The second-order valence-corrected chi connectivity index (χ2v) is 7.56. The summed E-state index contributed by atoms with van der Waals surface area (Å²) in [5.74, 6) is -0.659. The average molecular weight is 333 g/mol. The molecule has 0 saturated heterocycles. The summed E-state index contributed by atoms with van der Waals surface area (Å²) < 4.78 is 28.5. The maximum absolute atomic E-state index is 12.5. The van der Waals surface area contributed by atoms with E-state index >= 15 is 0 Å². The number of amides is 1. The molecule has 1 aliphatic carbocycles. The highest BCUT2D eigenvalue weighted by atomic mass is 32.2. The predicted molar refractivity (Wildman–Crippen MR) is 85.7 cm³/mol. The summed E-state index contributed by atoms with van der Waals surface area (Å²) >= 11 is 0. The van der Waals surface area contributed by atoms with Crippen LogP contribution in [-0.2, 0) is 29.9 Å². The van der Waals surface area contributed by atoms with Crippen LogP contribution in [0.1, 0.15) is 40.0 Å².